The average Bonchev–Trinajstić information content (AvgIpc) is 2.45. The van der Waals surface area contributed by atoms with Gasteiger partial charge in [-0.05, 0) is 20.3 Å². The van der Waals surface area contributed by atoms with Crippen molar-refractivity contribution in [3.63, 3.8) is 0 Å². The van der Waals surface area contributed by atoms with Gasteiger partial charge in [0.15, 0.2) is 0 Å². The predicted octanol–water partition coefficient (Wildman–Crippen LogP) is 1.32. The molecule has 1 aliphatic heterocycles. The van der Waals surface area contributed by atoms with Gasteiger partial charge in [-0.15, -0.1) is 0 Å². The Morgan fingerprint density at radius 3 is 2.60 bits per heavy atom. The minimum absolute atomic E-state index is 0.226. The molecule has 2 nitrogen and oxygen atoms in total. The van der Waals surface area contributed by atoms with Crippen molar-refractivity contribution in [1.82, 2.24) is 0 Å². The molecule has 0 bridgehead atoms. The van der Waals surface area contributed by atoms with E-state index >= 15 is 0 Å². The van der Waals surface area contributed by atoms with Crippen molar-refractivity contribution < 1.29 is 9.84 Å². The summed E-state index contributed by atoms with van der Waals surface area (Å²) >= 11 is 0. The Kier molecular flexibility index (Phi) is 2.02. The molecule has 0 spiro atoms. The van der Waals surface area contributed by atoms with Gasteiger partial charge in [-0.25, -0.2) is 0 Å². The second-order valence-corrected chi connectivity index (χ2v) is 3.25. The van der Waals surface area contributed by atoms with Crippen LogP contribution in [0.4, 0.5) is 0 Å². The lowest BCUT2D eigenvalue weighted by atomic mass is 9.99. The van der Waals surface area contributed by atoms with Crippen LogP contribution in [0, 0.1) is 0 Å². The first-order valence-electron chi connectivity index (χ1n) is 3.97. The van der Waals surface area contributed by atoms with Gasteiger partial charge in [0.2, 0.25) is 0 Å². The van der Waals surface area contributed by atoms with Crippen LogP contribution < -0.4 is 0 Å². The largest absolute Gasteiger partial charge is 0.390 e. The number of hydrogen-bond acceptors (Lipinski definition) is 2. The van der Waals surface area contributed by atoms with E-state index < -0.39 is 0 Å². The predicted molar refractivity (Wildman–Crippen MR) is 39.9 cm³/mol. The first kappa shape index (κ1) is 8.02. The topological polar surface area (TPSA) is 32.8 Å². The highest BCUT2D eigenvalue weighted by Crippen LogP contribution is 2.41. The van der Waals surface area contributed by atoms with Gasteiger partial charge < -0.3 is 9.84 Å². The van der Waals surface area contributed by atoms with E-state index in [4.69, 9.17) is 4.74 Å². The summed E-state index contributed by atoms with van der Waals surface area (Å²) in [4.78, 5) is 0. The molecule has 1 fully saturated rings. The summed E-state index contributed by atoms with van der Waals surface area (Å²) in [7, 11) is 0. The summed E-state index contributed by atoms with van der Waals surface area (Å²) in [6.07, 6.45) is 2.18. The number of aliphatic hydroxyl groups is 1. The Morgan fingerprint density at radius 2 is 2.30 bits per heavy atom. The van der Waals surface area contributed by atoms with Gasteiger partial charge in [0.05, 0.1) is 12.2 Å². The van der Waals surface area contributed by atoms with Crippen LogP contribution in [0.15, 0.2) is 0 Å². The first-order valence-corrected chi connectivity index (χ1v) is 3.97. The Morgan fingerprint density at radius 1 is 1.70 bits per heavy atom. The van der Waals surface area contributed by atoms with Crippen LogP contribution in [0.2, 0.25) is 0 Å². The SMILES string of the molecule is CCC[C@@H]1O[C@@]1(C)[C@H](C)O. The van der Waals surface area contributed by atoms with Crippen molar-refractivity contribution in [1.29, 1.82) is 0 Å². The van der Waals surface area contributed by atoms with Crippen LogP contribution in [0.1, 0.15) is 33.6 Å². The molecule has 1 N–H and O–H groups in total. The summed E-state index contributed by atoms with van der Waals surface area (Å²) in [5, 5.41) is 9.22. The molecule has 0 aromatic carbocycles. The maximum Gasteiger partial charge on any atom is 0.117 e. The molecule has 0 aromatic heterocycles. The molecule has 60 valence electrons. The average molecular weight is 144 g/mol. The van der Waals surface area contributed by atoms with Gasteiger partial charge >= 0.3 is 0 Å². The molecule has 1 aliphatic rings. The lowest BCUT2D eigenvalue weighted by Crippen LogP contribution is -2.25. The van der Waals surface area contributed by atoms with Crippen molar-refractivity contribution in [2.24, 2.45) is 0 Å². The normalized spacial score (nSPS) is 41.4. The summed E-state index contributed by atoms with van der Waals surface area (Å²) in [5.41, 5.74) is -0.226. The maximum atomic E-state index is 9.22. The van der Waals surface area contributed by atoms with E-state index in [0.29, 0.717) is 6.10 Å². The van der Waals surface area contributed by atoms with Crippen LogP contribution in [-0.4, -0.2) is 22.9 Å². The van der Waals surface area contributed by atoms with Crippen LogP contribution in [0.3, 0.4) is 0 Å². The number of hydrogen-bond donors (Lipinski definition) is 1. The minimum atomic E-state index is -0.330. The van der Waals surface area contributed by atoms with E-state index in [0.717, 1.165) is 12.8 Å². The molecule has 0 saturated carbocycles. The van der Waals surface area contributed by atoms with E-state index in [1.165, 1.54) is 0 Å². The molecule has 0 unspecified atom stereocenters. The number of epoxide rings is 1. The van der Waals surface area contributed by atoms with Gasteiger partial charge in [-0.2, -0.15) is 0 Å². The van der Waals surface area contributed by atoms with Gasteiger partial charge in [-0.3, -0.25) is 0 Å². The quantitative estimate of drug-likeness (QED) is 0.606. The molecule has 0 aliphatic carbocycles. The van der Waals surface area contributed by atoms with E-state index in [1.807, 2.05) is 6.92 Å². The van der Waals surface area contributed by atoms with Crippen LogP contribution in [-0.2, 0) is 4.74 Å². The van der Waals surface area contributed by atoms with E-state index in [2.05, 4.69) is 6.92 Å². The fourth-order valence-electron chi connectivity index (χ4n) is 1.25. The molecular weight excluding hydrogens is 128 g/mol. The molecule has 2 heteroatoms. The Bertz CT molecular complexity index is 122. The third kappa shape index (κ3) is 1.18. The Balaban J connectivity index is 2.33. The minimum Gasteiger partial charge on any atom is -0.390 e. The smallest absolute Gasteiger partial charge is 0.117 e. The highest BCUT2D eigenvalue weighted by Gasteiger charge is 2.54. The molecule has 0 radical (unpaired) electrons. The van der Waals surface area contributed by atoms with Crippen LogP contribution in [0.5, 0.6) is 0 Å². The van der Waals surface area contributed by atoms with Crippen LogP contribution in [0.25, 0.3) is 0 Å². The Labute approximate surface area is 62.2 Å². The van der Waals surface area contributed by atoms with E-state index in [-0.39, 0.29) is 11.7 Å². The molecule has 3 atom stereocenters. The second-order valence-electron chi connectivity index (χ2n) is 3.25. The lowest BCUT2D eigenvalue weighted by molar-refractivity contribution is 0.101. The summed E-state index contributed by atoms with van der Waals surface area (Å²) in [6, 6.07) is 0. The zero-order valence-corrected chi connectivity index (χ0v) is 6.92. The number of rotatable bonds is 3. The zero-order chi connectivity index (χ0) is 7.78. The number of aliphatic hydroxyl groups excluding tert-OH is 1. The highest BCUT2D eigenvalue weighted by atomic mass is 16.6. The molecule has 1 saturated heterocycles. The van der Waals surface area contributed by atoms with Gasteiger partial charge in [0.25, 0.3) is 0 Å². The van der Waals surface area contributed by atoms with Crippen molar-refractivity contribution in [2.45, 2.75) is 51.4 Å². The highest BCUT2D eigenvalue weighted by molar-refractivity contribution is 5.02. The van der Waals surface area contributed by atoms with Gasteiger partial charge in [0, 0.05) is 0 Å². The van der Waals surface area contributed by atoms with Crippen LogP contribution >= 0.6 is 0 Å². The number of ether oxygens (including phenoxy) is 1. The summed E-state index contributed by atoms with van der Waals surface area (Å²) in [6.45, 7) is 5.89. The monoisotopic (exact) mass is 144 g/mol. The molecular formula is C8H16O2. The van der Waals surface area contributed by atoms with Gasteiger partial charge in [0.1, 0.15) is 5.60 Å². The van der Waals surface area contributed by atoms with Crippen molar-refractivity contribution >= 4 is 0 Å². The molecule has 10 heavy (non-hydrogen) atoms. The molecule has 1 heterocycles. The third-order valence-corrected chi connectivity index (χ3v) is 2.36. The van der Waals surface area contributed by atoms with Crippen molar-refractivity contribution in [2.75, 3.05) is 0 Å². The van der Waals surface area contributed by atoms with E-state index in [9.17, 15) is 5.11 Å². The first-order chi connectivity index (χ1) is 4.61. The molecule has 0 amide bonds. The summed E-state index contributed by atoms with van der Waals surface area (Å²) < 4.78 is 5.36. The summed E-state index contributed by atoms with van der Waals surface area (Å²) in [5.74, 6) is 0. The van der Waals surface area contributed by atoms with Crippen molar-refractivity contribution in [3.8, 4) is 0 Å². The molecule has 0 aromatic rings. The Hall–Kier alpha value is -0.0800. The van der Waals surface area contributed by atoms with E-state index in [1.54, 1.807) is 6.92 Å². The third-order valence-electron chi connectivity index (χ3n) is 2.36. The van der Waals surface area contributed by atoms with Crippen molar-refractivity contribution in [3.05, 3.63) is 0 Å². The zero-order valence-electron chi connectivity index (χ0n) is 6.92. The standard InChI is InChI=1S/C8H16O2/c1-4-5-7-8(3,10-7)6(2)9/h6-7,9H,4-5H2,1-3H3/t6-,7-,8-/m0/s1. The maximum absolute atomic E-state index is 9.22. The molecule has 1 rings (SSSR count). The lowest BCUT2D eigenvalue weighted by Gasteiger charge is -2.08. The second kappa shape index (κ2) is 2.51. The fraction of sp³-hybridized carbons (Fsp3) is 1.00. The van der Waals surface area contributed by atoms with Gasteiger partial charge in [-0.1, -0.05) is 13.3 Å². The fourth-order valence-corrected chi connectivity index (χ4v) is 1.25.